The predicted molar refractivity (Wildman–Crippen MR) is 71.6 cm³/mol. The zero-order valence-electron chi connectivity index (χ0n) is 11.1. The molecule has 2 rings (SSSR count). The van der Waals surface area contributed by atoms with Crippen molar-refractivity contribution >= 4 is 23.6 Å². The van der Waals surface area contributed by atoms with Gasteiger partial charge in [-0.1, -0.05) is 6.07 Å². The van der Waals surface area contributed by atoms with Crippen molar-refractivity contribution < 1.29 is 23.9 Å². The predicted octanol–water partition coefficient (Wildman–Crippen LogP) is 0.878. The number of carboxylic acid groups (broad SMARTS) is 1. The maximum atomic E-state index is 13.5. The molecule has 0 aromatic heterocycles. The SMILES string of the molecule is O=C1CN(C(=O)Nc2cccc(F)c2C(=O)O)CCCN1. The first-order valence-corrected chi connectivity index (χ1v) is 6.33. The van der Waals surface area contributed by atoms with E-state index in [9.17, 15) is 18.8 Å². The molecule has 1 heterocycles. The van der Waals surface area contributed by atoms with E-state index in [1.807, 2.05) is 0 Å². The summed E-state index contributed by atoms with van der Waals surface area (Å²) in [5.41, 5.74) is -0.748. The van der Waals surface area contributed by atoms with Crippen LogP contribution in [0, 0.1) is 5.82 Å². The molecule has 1 aromatic rings. The molecule has 0 atom stereocenters. The first-order valence-electron chi connectivity index (χ1n) is 6.33. The number of nitrogens with one attached hydrogen (secondary N) is 2. The van der Waals surface area contributed by atoms with Crippen LogP contribution in [0.1, 0.15) is 16.8 Å². The van der Waals surface area contributed by atoms with Crippen LogP contribution in [-0.4, -0.2) is 47.5 Å². The van der Waals surface area contributed by atoms with Crippen LogP contribution in [0.3, 0.4) is 0 Å². The third kappa shape index (κ3) is 3.47. The number of urea groups is 1. The highest BCUT2D eigenvalue weighted by Crippen LogP contribution is 2.19. The van der Waals surface area contributed by atoms with E-state index in [2.05, 4.69) is 10.6 Å². The minimum atomic E-state index is -1.47. The second-order valence-corrected chi connectivity index (χ2v) is 4.52. The van der Waals surface area contributed by atoms with E-state index in [-0.39, 0.29) is 18.1 Å². The number of carbonyl (C=O) groups is 3. The Morgan fingerprint density at radius 2 is 2.14 bits per heavy atom. The van der Waals surface area contributed by atoms with Crippen molar-refractivity contribution in [2.75, 3.05) is 25.0 Å². The van der Waals surface area contributed by atoms with Gasteiger partial charge in [0.15, 0.2) is 0 Å². The number of hydrogen-bond donors (Lipinski definition) is 3. The molecule has 112 valence electrons. The number of hydrogen-bond acceptors (Lipinski definition) is 3. The summed E-state index contributed by atoms with van der Waals surface area (Å²) in [5, 5.41) is 13.9. The fourth-order valence-electron chi connectivity index (χ4n) is 2.02. The van der Waals surface area contributed by atoms with Gasteiger partial charge < -0.3 is 20.6 Å². The Labute approximate surface area is 119 Å². The van der Waals surface area contributed by atoms with Crippen molar-refractivity contribution in [3.05, 3.63) is 29.6 Å². The fraction of sp³-hybridized carbons (Fsp3) is 0.308. The van der Waals surface area contributed by atoms with Crippen LogP contribution in [0.5, 0.6) is 0 Å². The summed E-state index contributed by atoms with van der Waals surface area (Å²) < 4.78 is 13.5. The van der Waals surface area contributed by atoms with E-state index in [0.717, 1.165) is 6.07 Å². The zero-order chi connectivity index (χ0) is 15.4. The van der Waals surface area contributed by atoms with Gasteiger partial charge in [0.1, 0.15) is 17.9 Å². The Balaban J connectivity index is 2.18. The maximum absolute atomic E-state index is 13.5. The van der Waals surface area contributed by atoms with Crippen LogP contribution >= 0.6 is 0 Å². The molecule has 21 heavy (non-hydrogen) atoms. The lowest BCUT2D eigenvalue weighted by Gasteiger charge is -2.20. The number of amides is 3. The molecule has 1 aliphatic heterocycles. The van der Waals surface area contributed by atoms with Gasteiger partial charge in [0.2, 0.25) is 5.91 Å². The monoisotopic (exact) mass is 295 g/mol. The molecular weight excluding hydrogens is 281 g/mol. The fourth-order valence-corrected chi connectivity index (χ4v) is 2.02. The molecule has 0 aliphatic carbocycles. The molecule has 0 radical (unpaired) electrons. The van der Waals surface area contributed by atoms with Gasteiger partial charge in [0.05, 0.1) is 5.69 Å². The minimum Gasteiger partial charge on any atom is -0.478 e. The normalized spacial score (nSPS) is 15.1. The van der Waals surface area contributed by atoms with Crippen molar-refractivity contribution in [3.8, 4) is 0 Å². The topological polar surface area (TPSA) is 98.7 Å². The second kappa shape index (κ2) is 6.21. The molecular formula is C13H14FN3O4. The van der Waals surface area contributed by atoms with Gasteiger partial charge >= 0.3 is 12.0 Å². The average molecular weight is 295 g/mol. The van der Waals surface area contributed by atoms with E-state index in [0.29, 0.717) is 19.5 Å². The standard InChI is InChI=1S/C13H14FN3O4/c14-8-3-1-4-9(11(8)12(19)20)16-13(21)17-6-2-5-15-10(18)7-17/h1,3-4H,2,5-7H2,(H,15,18)(H,16,21)(H,19,20). The quantitative estimate of drug-likeness (QED) is 0.754. The Bertz CT molecular complexity index is 591. The first-order chi connectivity index (χ1) is 9.99. The van der Waals surface area contributed by atoms with Crippen LogP contribution in [0.2, 0.25) is 0 Å². The lowest BCUT2D eigenvalue weighted by atomic mass is 10.1. The van der Waals surface area contributed by atoms with E-state index >= 15 is 0 Å². The second-order valence-electron chi connectivity index (χ2n) is 4.52. The van der Waals surface area contributed by atoms with Gasteiger partial charge in [0.25, 0.3) is 0 Å². The van der Waals surface area contributed by atoms with Crippen LogP contribution in [0.4, 0.5) is 14.9 Å². The van der Waals surface area contributed by atoms with Crippen molar-refractivity contribution in [1.82, 2.24) is 10.2 Å². The summed E-state index contributed by atoms with van der Waals surface area (Å²) in [7, 11) is 0. The molecule has 7 nitrogen and oxygen atoms in total. The minimum absolute atomic E-state index is 0.121. The number of benzene rings is 1. The van der Waals surface area contributed by atoms with Crippen molar-refractivity contribution in [1.29, 1.82) is 0 Å². The molecule has 0 saturated carbocycles. The van der Waals surface area contributed by atoms with Gasteiger partial charge in [-0.25, -0.2) is 14.0 Å². The van der Waals surface area contributed by atoms with Gasteiger partial charge in [-0.05, 0) is 18.6 Å². The third-order valence-corrected chi connectivity index (χ3v) is 3.02. The molecule has 0 spiro atoms. The molecule has 0 unspecified atom stereocenters. The number of carbonyl (C=O) groups excluding carboxylic acids is 2. The highest BCUT2D eigenvalue weighted by molar-refractivity contribution is 6.00. The molecule has 0 bridgehead atoms. The molecule has 3 amide bonds. The lowest BCUT2D eigenvalue weighted by molar-refractivity contribution is -0.120. The number of anilines is 1. The Morgan fingerprint density at radius 1 is 1.38 bits per heavy atom. The molecule has 1 aliphatic rings. The highest BCUT2D eigenvalue weighted by Gasteiger charge is 2.22. The largest absolute Gasteiger partial charge is 0.478 e. The number of halogens is 1. The van der Waals surface area contributed by atoms with Crippen molar-refractivity contribution in [3.63, 3.8) is 0 Å². The van der Waals surface area contributed by atoms with E-state index in [1.54, 1.807) is 0 Å². The van der Waals surface area contributed by atoms with Crippen LogP contribution in [0.15, 0.2) is 18.2 Å². The number of nitrogens with zero attached hydrogens (tertiary/aromatic N) is 1. The van der Waals surface area contributed by atoms with Gasteiger partial charge in [-0.2, -0.15) is 0 Å². The Morgan fingerprint density at radius 3 is 2.86 bits per heavy atom. The number of carboxylic acids is 1. The van der Waals surface area contributed by atoms with E-state index in [1.165, 1.54) is 17.0 Å². The summed E-state index contributed by atoms with van der Waals surface area (Å²) in [6.07, 6.45) is 0.591. The van der Waals surface area contributed by atoms with Crippen molar-refractivity contribution in [2.24, 2.45) is 0 Å². The zero-order valence-corrected chi connectivity index (χ0v) is 11.1. The average Bonchev–Trinajstić information content (AvgIpc) is 2.63. The molecule has 3 N–H and O–H groups in total. The lowest BCUT2D eigenvalue weighted by Crippen LogP contribution is -2.40. The summed E-state index contributed by atoms with van der Waals surface area (Å²) in [4.78, 5) is 35.8. The van der Waals surface area contributed by atoms with Gasteiger partial charge in [-0.15, -0.1) is 0 Å². The molecule has 1 aromatic carbocycles. The molecule has 8 heteroatoms. The Kier molecular flexibility index (Phi) is 4.36. The first kappa shape index (κ1) is 14.8. The Hall–Kier alpha value is -2.64. The summed E-state index contributed by atoms with van der Waals surface area (Å²) in [6, 6.07) is 2.95. The van der Waals surface area contributed by atoms with Gasteiger partial charge in [-0.3, -0.25) is 4.79 Å². The smallest absolute Gasteiger partial charge is 0.340 e. The summed E-state index contributed by atoms with van der Waals surface area (Å²) in [5.74, 6) is -2.70. The number of rotatable bonds is 2. The maximum Gasteiger partial charge on any atom is 0.340 e. The molecule has 1 saturated heterocycles. The van der Waals surface area contributed by atoms with Crippen LogP contribution < -0.4 is 10.6 Å². The molecule has 1 fully saturated rings. The summed E-state index contributed by atoms with van der Waals surface area (Å²) in [6.45, 7) is 0.703. The van der Waals surface area contributed by atoms with E-state index in [4.69, 9.17) is 5.11 Å². The third-order valence-electron chi connectivity index (χ3n) is 3.02. The van der Waals surface area contributed by atoms with E-state index < -0.39 is 23.4 Å². The summed E-state index contributed by atoms with van der Waals surface area (Å²) >= 11 is 0. The van der Waals surface area contributed by atoms with Crippen LogP contribution in [-0.2, 0) is 4.79 Å². The van der Waals surface area contributed by atoms with Gasteiger partial charge in [0, 0.05) is 13.1 Å². The van der Waals surface area contributed by atoms with Crippen LogP contribution in [0.25, 0.3) is 0 Å². The van der Waals surface area contributed by atoms with Crippen molar-refractivity contribution in [2.45, 2.75) is 6.42 Å². The highest BCUT2D eigenvalue weighted by atomic mass is 19.1. The number of aromatic carboxylic acids is 1.